The Hall–Kier alpha value is -4.79. The van der Waals surface area contributed by atoms with Gasteiger partial charge < -0.3 is 30.0 Å². The number of fused-ring (bicyclic) bond motifs is 8. The molecular weight excluding hydrogens is 532 g/mol. The molecule has 7 rings (SSSR count). The maximum absolute atomic E-state index is 14.1. The molecule has 0 aliphatic carbocycles. The average Bonchev–Trinajstić information content (AvgIpc) is 3.72. The molecule has 0 saturated heterocycles. The van der Waals surface area contributed by atoms with Crippen LogP contribution in [0.15, 0.2) is 66.7 Å². The highest BCUT2D eigenvalue weighted by Gasteiger charge is 2.49. The highest BCUT2D eigenvalue weighted by Crippen LogP contribution is 2.46. The third-order valence-electron chi connectivity index (χ3n) is 8.85. The molecular formula is C33H32N4O5. The number of ether oxygens (including phenoxy) is 2. The summed E-state index contributed by atoms with van der Waals surface area (Å²) in [4.78, 5) is 46.6. The first-order valence-electron chi connectivity index (χ1n) is 14.4. The molecule has 9 heteroatoms. The van der Waals surface area contributed by atoms with Crippen molar-refractivity contribution in [3.05, 3.63) is 94.7 Å². The lowest BCUT2D eigenvalue weighted by molar-refractivity contribution is -0.133. The summed E-state index contributed by atoms with van der Waals surface area (Å²) in [5.74, 6) is 0.422. The van der Waals surface area contributed by atoms with Crippen LogP contribution in [0.4, 0.5) is 0 Å². The molecule has 0 saturated carbocycles. The summed E-state index contributed by atoms with van der Waals surface area (Å²) < 4.78 is 10.8. The summed E-state index contributed by atoms with van der Waals surface area (Å²) in [5.41, 5.74) is 5.30. The van der Waals surface area contributed by atoms with E-state index in [0.29, 0.717) is 29.9 Å². The first-order valence-corrected chi connectivity index (χ1v) is 14.4. The van der Waals surface area contributed by atoms with E-state index >= 15 is 0 Å². The summed E-state index contributed by atoms with van der Waals surface area (Å²) in [6.07, 6.45) is 1.05. The van der Waals surface area contributed by atoms with Gasteiger partial charge in [0.05, 0.1) is 6.04 Å². The third kappa shape index (κ3) is 4.19. The SMILES string of the molecule is CC[C@H](C)[C@H](NC(=O)[C@@H]1Cc2c([nH]c3ccccc23)[C@H]2c3ccccc3C(=O)N21)C(=O)NCc1ccc2c(c1)OCO2. The Bertz CT molecular complexity index is 1730. The number of rotatable bonds is 7. The molecule has 4 aromatic rings. The number of nitrogens with zero attached hydrogens (tertiary/aromatic N) is 1. The van der Waals surface area contributed by atoms with Crippen molar-refractivity contribution in [1.29, 1.82) is 0 Å². The minimum absolute atomic E-state index is 0.125. The number of nitrogens with one attached hydrogen (secondary N) is 3. The molecule has 4 heterocycles. The van der Waals surface area contributed by atoms with E-state index in [1.165, 1.54) is 0 Å². The van der Waals surface area contributed by atoms with Crippen LogP contribution in [0.5, 0.6) is 11.5 Å². The molecule has 0 fully saturated rings. The van der Waals surface area contributed by atoms with Gasteiger partial charge in [0.2, 0.25) is 18.6 Å². The van der Waals surface area contributed by atoms with Gasteiger partial charge in [-0.2, -0.15) is 0 Å². The molecule has 3 aliphatic rings. The first kappa shape index (κ1) is 26.1. The lowest BCUT2D eigenvalue weighted by Crippen LogP contribution is -2.58. The Morgan fingerprint density at radius 3 is 2.69 bits per heavy atom. The smallest absolute Gasteiger partial charge is 0.255 e. The van der Waals surface area contributed by atoms with Gasteiger partial charge in [0.1, 0.15) is 12.1 Å². The standard InChI is InChI=1S/C33H32N4O5/c1-3-18(2)28(32(39)34-16-19-12-13-26-27(14-19)42-17-41-26)36-31(38)25-15-23-20-8-6-7-11-24(20)35-29(23)30-21-9-4-5-10-22(21)33(40)37(25)30/h4-14,18,25,28,30,35H,3,15-17H2,1-2H3,(H,34,39)(H,36,38)/t18-,25-,28-,30+/m0/s1. The Morgan fingerprint density at radius 2 is 1.83 bits per heavy atom. The van der Waals surface area contributed by atoms with Gasteiger partial charge in [0.25, 0.3) is 5.91 Å². The van der Waals surface area contributed by atoms with E-state index in [0.717, 1.165) is 33.3 Å². The molecule has 42 heavy (non-hydrogen) atoms. The number of benzene rings is 3. The number of H-pyrrole nitrogens is 1. The van der Waals surface area contributed by atoms with E-state index in [1.807, 2.05) is 80.6 Å². The van der Waals surface area contributed by atoms with Crippen molar-refractivity contribution in [2.45, 2.75) is 51.4 Å². The molecule has 9 nitrogen and oxygen atoms in total. The number of aromatic amines is 1. The zero-order valence-electron chi connectivity index (χ0n) is 23.5. The molecule has 0 unspecified atom stereocenters. The van der Waals surface area contributed by atoms with Crippen LogP contribution >= 0.6 is 0 Å². The number of para-hydroxylation sites is 1. The van der Waals surface area contributed by atoms with Crippen LogP contribution < -0.4 is 20.1 Å². The second-order valence-corrected chi connectivity index (χ2v) is 11.3. The summed E-state index contributed by atoms with van der Waals surface area (Å²) in [7, 11) is 0. The quantitative estimate of drug-likeness (QED) is 0.311. The van der Waals surface area contributed by atoms with Gasteiger partial charge in [-0.25, -0.2) is 0 Å². The molecule has 4 atom stereocenters. The van der Waals surface area contributed by atoms with E-state index in [-0.39, 0.29) is 37.0 Å². The molecule has 0 bridgehead atoms. The molecule has 3 N–H and O–H groups in total. The van der Waals surface area contributed by atoms with Gasteiger partial charge in [0, 0.05) is 35.1 Å². The second-order valence-electron chi connectivity index (χ2n) is 11.3. The minimum atomic E-state index is -0.769. The fourth-order valence-corrected chi connectivity index (χ4v) is 6.44. The highest BCUT2D eigenvalue weighted by molar-refractivity contribution is 6.04. The van der Waals surface area contributed by atoms with Crippen LogP contribution in [0.2, 0.25) is 0 Å². The van der Waals surface area contributed by atoms with E-state index in [4.69, 9.17) is 9.47 Å². The van der Waals surface area contributed by atoms with Gasteiger partial charge >= 0.3 is 0 Å². The zero-order chi connectivity index (χ0) is 29.0. The van der Waals surface area contributed by atoms with E-state index in [1.54, 1.807) is 4.90 Å². The Labute approximate surface area is 243 Å². The van der Waals surface area contributed by atoms with Crippen molar-refractivity contribution in [2.75, 3.05) is 6.79 Å². The number of hydrogen-bond acceptors (Lipinski definition) is 5. The van der Waals surface area contributed by atoms with Gasteiger partial charge in [-0.1, -0.05) is 62.7 Å². The van der Waals surface area contributed by atoms with E-state index in [9.17, 15) is 14.4 Å². The third-order valence-corrected chi connectivity index (χ3v) is 8.85. The predicted octanol–water partition coefficient (Wildman–Crippen LogP) is 4.21. The van der Waals surface area contributed by atoms with Crippen molar-refractivity contribution in [3.63, 3.8) is 0 Å². The largest absolute Gasteiger partial charge is 0.454 e. The molecule has 3 amide bonds. The molecule has 0 spiro atoms. The predicted molar refractivity (Wildman–Crippen MR) is 156 cm³/mol. The molecule has 0 radical (unpaired) electrons. The highest BCUT2D eigenvalue weighted by atomic mass is 16.7. The number of amides is 3. The molecule has 3 aromatic carbocycles. The minimum Gasteiger partial charge on any atom is -0.454 e. The van der Waals surface area contributed by atoms with Crippen molar-refractivity contribution in [3.8, 4) is 11.5 Å². The molecule has 3 aliphatic heterocycles. The van der Waals surface area contributed by atoms with E-state index < -0.39 is 18.1 Å². The average molecular weight is 565 g/mol. The maximum Gasteiger partial charge on any atom is 0.255 e. The van der Waals surface area contributed by atoms with Gasteiger partial charge in [-0.15, -0.1) is 0 Å². The van der Waals surface area contributed by atoms with Crippen molar-refractivity contribution >= 4 is 28.6 Å². The first-order chi connectivity index (χ1) is 20.4. The van der Waals surface area contributed by atoms with Crippen LogP contribution in [0.3, 0.4) is 0 Å². The van der Waals surface area contributed by atoms with Crippen molar-refractivity contribution < 1.29 is 23.9 Å². The normalized spacial score (nSPS) is 19.6. The molecule has 214 valence electrons. The maximum atomic E-state index is 14.1. The van der Waals surface area contributed by atoms with Crippen molar-refractivity contribution in [1.82, 2.24) is 20.5 Å². The number of aromatic nitrogens is 1. The lowest BCUT2D eigenvalue weighted by Gasteiger charge is -2.38. The molecule has 1 aromatic heterocycles. The van der Waals surface area contributed by atoms with Crippen molar-refractivity contribution in [2.24, 2.45) is 5.92 Å². The number of hydrogen-bond donors (Lipinski definition) is 3. The summed E-state index contributed by atoms with van der Waals surface area (Å²) in [6, 6.07) is 19.2. The Kier molecular flexibility index (Phi) is 6.37. The fraction of sp³-hybridized carbons (Fsp3) is 0.303. The number of carbonyl (C=O) groups is 3. The van der Waals surface area contributed by atoms with Crippen LogP contribution in [-0.2, 0) is 22.6 Å². The summed E-state index contributed by atoms with van der Waals surface area (Å²) in [6.45, 7) is 4.40. The zero-order valence-corrected chi connectivity index (χ0v) is 23.5. The van der Waals surface area contributed by atoms with Gasteiger partial charge in [-0.3, -0.25) is 14.4 Å². The van der Waals surface area contributed by atoms with Crippen LogP contribution in [0.25, 0.3) is 10.9 Å². The van der Waals surface area contributed by atoms with E-state index in [2.05, 4.69) is 15.6 Å². The second kappa shape index (κ2) is 10.2. The van der Waals surface area contributed by atoms with Gasteiger partial charge in [-0.05, 0) is 46.9 Å². The van der Waals surface area contributed by atoms with Gasteiger partial charge in [0.15, 0.2) is 11.5 Å². The number of carbonyl (C=O) groups excluding carboxylic acids is 3. The monoisotopic (exact) mass is 564 g/mol. The van der Waals surface area contributed by atoms with Crippen LogP contribution in [0.1, 0.15) is 59.1 Å². The Balaban J connectivity index is 1.17. The fourth-order valence-electron chi connectivity index (χ4n) is 6.44. The van der Waals surface area contributed by atoms with Crippen LogP contribution in [0, 0.1) is 5.92 Å². The lowest BCUT2D eigenvalue weighted by atomic mass is 9.89. The summed E-state index contributed by atoms with van der Waals surface area (Å²) >= 11 is 0. The van der Waals surface area contributed by atoms with Crippen LogP contribution in [-0.4, -0.2) is 46.5 Å². The Morgan fingerprint density at radius 1 is 1.05 bits per heavy atom. The summed E-state index contributed by atoms with van der Waals surface area (Å²) in [5, 5.41) is 7.07. The topological polar surface area (TPSA) is 113 Å².